The van der Waals surface area contributed by atoms with Crippen molar-refractivity contribution in [3.8, 4) is 0 Å². The fraction of sp³-hybridized carbons (Fsp3) is 0.714. The van der Waals surface area contributed by atoms with Gasteiger partial charge in [0.05, 0.1) is 0 Å². The summed E-state index contributed by atoms with van der Waals surface area (Å²) in [5, 5.41) is 3.42. The molecule has 0 unspecified atom stereocenters. The molecule has 1 fully saturated rings. The normalized spacial score (nSPS) is 16.5. The molecule has 19 heavy (non-hydrogen) atoms. The molecule has 2 heterocycles. The number of hydrogen-bond acceptors (Lipinski definition) is 5. The molecule has 5 heteroatoms. The molecule has 4 nitrogen and oxygen atoms in total. The molecule has 0 aromatic carbocycles. The summed E-state index contributed by atoms with van der Waals surface area (Å²) in [5.41, 5.74) is 0. The quantitative estimate of drug-likeness (QED) is 0.898. The van der Waals surface area contributed by atoms with E-state index in [-0.39, 0.29) is 4.75 Å². The molecule has 0 radical (unpaired) electrons. The van der Waals surface area contributed by atoms with Gasteiger partial charge in [0.2, 0.25) is 0 Å². The van der Waals surface area contributed by atoms with Crippen LogP contribution in [0, 0.1) is 0 Å². The third-order valence-electron chi connectivity index (χ3n) is 3.58. The lowest BCUT2D eigenvalue weighted by Gasteiger charge is -2.28. The van der Waals surface area contributed by atoms with Crippen LogP contribution in [0.1, 0.15) is 33.1 Å². The maximum atomic E-state index is 4.40. The second-order valence-electron chi connectivity index (χ2n) is 5.63. The lowest BCUT2D eigenvalue weighted by molar-refractivity contribution is 0.573. The fourth-order valence-electron chi connectivity index (χ4n) is 2.12. The van der Waals surface area contributed by atoms with E-state index in [1.54, 1.807) is 6.33 Å². The standard InChI is InChI=1S/C14H24N4S/c1-14(2,19-3)10-15-12-9-13(17-11-16-12)18-7-5-4-6-8-18/h9,11H,4-8,10H2,1-3H3,(H,15,16,17). The van der Waals surface area contributed by atoms with Crippen LogP contribution < -0.4 is 10.2 Å². The Bertz CT molecular complexity index is 402. The van der Waals surface area contributed by atoms with Gasteiger partial charge in [-0.1, -0.05) is 0 Å². The van der Waals surface area contributed by atoms with E-state index in [0.717, 1.165) is 31.3 Å². The average Bonchev–Trinajstić information content (AvgIpc) is 2.47. The van der Waals surface area contributed by atoms with E-state index < -0.39 is 0 Å². The molecule has 0 aliphatic carbocycles. The Morgan fingerprint density at radius 2 is 2.00 bits per heavy atom. The summed E-state index contributed by atoms with van der Waals surface area (Å²) in [6.45, 7) is 7.61. The highest BCUT2D eigenvalue weighted by Gasteiger charge is 2.16. The number of rotatable bonds is 5. The van der Waals surface area contributed by atoms with Gasteiger partial charge < -0.3 is 10.2 Å². The number of hydrogen-bond donors (Lipinski definition) is 1. The minimum Gasteiger partial charge on any atom is -0.369 e. The monoisotopic (exact) mass is 280 g/mol. The first kappa shape index (κ1) is 14.4. The van der Waals surface area contributed by atoms with Gasteiger partial charge in [-0.25, -0.2) is 9.97 Å². The van der Waals surface area contributed by atoms with E-state index in [1.165, 1.54) is 19.3 Å². The molecular weight excluding hydrogens is 256 g/mol. The van der Waals surface area contributed by atoms with Gasteiger partial charge in [-0.3, -0.25) is 0 Å². The van der Waals surface area contributed by atoms with Gasteiger partial charge in [-0.05, 0) is 39.4 Å². The van der Waals surface area contributed by atoms with Crippen LogP contribution in [0.3, 0.4) is 0 Å². The molecule has 1 aliphatic heterocycles. The second kappa shape index (κ2) is 6.46. The molecule has 106 valence electrons. The first-order valence-electron chi connectivity index (χ1n) is 6.97. The predicted octanol–water partition coefficient (Wildman–Crippen LogP) is 3.02. The van der Waals surface area contributed by atoms with E-state index in [0.29, 0.717) is 0 Å². The van der Waals surface area contributed by atoms with Crippen LogP contribution in [0.15, 0.2) is 12.4 Å². The molecule has 2 rings (SSSR count). The van der Waals surface area contributed by atoms with E-state index in [2.05, 4.69) is 46.4 Å². The van der Waals surface area contributed by atoms with Crippen LogP contribution in [-0.2, 0) is 0 Å². The summed E-state index contributed by atoms with van der Waals surface area (Å²) in [6, 6.07) is 2.07. The van der Waals surface area contributed by atoms with Gasteiger partial charge in [0.15, 0.2) is 0 Å². The lowest BCUT2D eigenvalue weighted by Crippen LogP contribution is -2.30. The van der Waals surface area contributed by atoms with E-state index >= 15 is 0 Å². The van der Waals surface area contributed by atoms with Gasteiger partial charge in [0, 0.05) is 30.4 Å². The number of piperidine rings is 1. The zero-order chi connectivity index (χ0) is 13.7. The van der Waals surface area contributed by atoms with Crippen LogP contribution in [-0.4, -0.2) is 40.6 Å². The first-order valence-corrected chi connectivity index (χ1v) is 8.19. The summed E-state index contributed by atoms with van der Waals surface area (Å²) in [7, 11) is 0. The number of anilines is 2. The summed E-state index contributed by atoms with van der Waals surface area (Å²) < 4.78 is 0.218. The number of aromatic nitrogens is 2. The maximum absolute atomic E-state index is 4.40. The largest absolute Gasteiger partial charge is 0.369 e. The van der Waals surface area contributed by atoms with Crippen molar-refractivity contribution in [1.29, 1.82) is 0 Å². The molecule has 1 aliphatic rings. The van der Waals surface area contributed by atoms with Crippen LogP contribution in [0.4, 0.5) is 11.6 Å². The van der Waals surface area contributed by atoms with Gasteiger partial charge >= 0.3 is 0 Å². The summed E-state index contributed by atoms with van der Waals surface area (Å²) >= 11 is 1.86. The van der Waals surface area contributed by atoms with Gasteiger partial charge in [-0.15, -0.1) is 0 Å². The zero-order valence-corrected chi connectivity index (χ0v) is 13.0. The Kier molecular flexibility index (Phi) is 4.91. The highest BCUT2D eigenvalue weighted by Crippen LogP contribution is 2.23. The van der Waals surface area contributed by atoms with E-state index in [4.69, 9.17) is 0 Å². The molecule has 0 saturated carbocycles. The minimum atomic E-state index is 0.218. The van der Waals surface area contributed by atoms with Crippen molar-refractivity contribution in [1.82, 2.24) is 9.97 Å². The number of nitrogens with one attached hydrogen (secondary N) is 1. The SMILES string of the molecule is CSC(C)(C)CNc1cc(N2CCCCC2)ncn1. The Labute approximate surface area is 120 Å². The highest BCUT2D eigenvalue weighted by atomic mass is 32.2. The molecule has 1 aromatic heterocycles. The maximum Gasteiger partial charge on any atom is 0.134 e. The zero-order valence-electron chi connectivity index (χ0n) is 12.1. The highest BCUT2D eigenvalue weighted by molar-refractivity contribution is 7.99. The van der Waals surface area contributed by atoms with Crippen molar-refractivity contribution in [3.63, 3.8) is 0 Å². The smallest absolute Gasteiger partial charge is 0.134 e. The van der Waals surface area contributed by atoms with Crippen molar-refractivity contribution < 1.29 is 0 Å². The van der Waals surface area contributed by atoms with Crippen molar-refractivity contribution in [2.45, 2.75) is 37.9 Å². The van der Waals surface area contributed by atoms with Crippen LogP contribution >= 0.6 is 11.8 Å². The molecule has 0 amide bonds. The third kappa shape index (κ3) is 4.27. The first-order chi connectivity index (χ1) is 9.11. The summed E-state index contributed by atoms with van der Waals surface area (Å²) in [4.78, 5) is 11.1. The Morgan fingerprint density at radius 1 is 1.26 bits per heavy atom. The minimum absolute atomic E-state index is 0.218. The summed E-state index contributed by atoms with van der Waals surface area (Å²) in [5.74, 6) is 1.98. The van der Waals surface area contributed by atoms with Gasteiger partial charge in [0.1, 0.15) is 18.0 Å². The van der Waals surface area contributed by atoms with Gasteiger partial charge in [0.25, 0.3) is 0 Å². The van der Waals surface area contributed by atoms with E-state index in [9.17, 15) is 0 Å². The third-order valence-corrected chi connectivity index (χ3v) is 4.83. The van der Waals surface area contributed by atoms with Crippen LogP contribution in [0.25, 0.3) is 0 Å². The molecule has 1 aromatic rings. The lowest BCUT2D eigenvalue weighted by atomic mass is 10.1. The van der Waals surface area contributed by atoms with Crippen LogP contribution in [0.5, 0.6) is 0 Å². The molecular formula is C14H24N4S. The number of nitrogens with zero attached hydrogens (tertiary/aromatic N) is 3. The van der Waals surface area contributed by atoms with Crippen LogP contribution in [0.2, 0.25) is 0 Å². The molecule has 1 saturated heterocycles. The van der Waals surface area contributed by atoms with Crippen molar-refractivity contribution in [2.24, 2.45) is 0 Å². The van der Waals surface area contributed by atoms with Crippen molar-refractivity contribution in [3.05, 3.63) is 12.4 Å². The second-order valence-corrected chi connectivity index (χ2v) is 7.14. The molecule has 0 spiro atoms. The molecule has 0 atom stereocenters. The predicted molar refractivity (Wildman–Crippen MR) is 84.2 cm³/mol. The molecule has 1 N–H and O–H groups in total. The molecule has 0 bridgehead atoms. The Balaban J connectivity index is 1.98. The average molecular weight is 280 g/mol. The topological polar surface area (TPSA) is 41.0 Å². The van der Waals surface area contributed by atoms with Crippen molar-refractivity contribution in [2.75, 3.05) is 36.1 Å². The number of thioether (sulfide) groups is 1. The Hall–Kier alpha value is -0.970. The Morgan fingerprint density at radius 3 is 2.68 bits per heavy atom. The van der Waals surface area contributed by atoms with Crippen molar-refractivity contribution >= 4 is 23.4 Å². The van der Waals surface area contributed by atoms with E-state index in [1.807, 2.05) is 11.8 Å². The summed E-state index contributed by atoms with van der Waals surface area (Å²) in [6.07, 6.45) is 7.69. The van der Waals surface area contributed by atoms with Gasteiger partial charge in [-0.2, -0.15) is 11.8 Å². The fourth-order valence-corrected chi connectivity index (χ4v) is 2.33.